The lowest BCUT2D eigenvalue weighted by molar-refractivity contribution is 0.0942. The van der Waals surface area contributed by atoms with Crippen LogP contribution < -0.4 is 5.32 Å². The fourth-order valence-electron chi connectivity index (χ4n) is 2.40. The van der Waals surface area contributed by atoms with Crippen molar-refractivity contribution in [3.63, 3.8) is 0 Å². The van der Waals surface area contributed by atoms with Gasteiger partial charge in [0.05, 0.1) is 5.56 Å². The molecule has 4 heteroatoms. The van der Waals surface area contributed by atoms with Crippen LogP contribution in [-0.2, 0) is 0 Å². The molecule has 98 valence electrons. The van der Waals surface area contributed by atoms with Gasteiger partial charge in [-0.1, -0.05) is 19.3 Å². The summed E-state index contributed by atoms with van der Waals surface area (Å²) in [7, 11) is 0. The van der Waals surface area contributed by atoms with Crippen molar-refractivity contribution in [3.8, 4) is 0 Å². The number of nitrogens with one attached hydrogen (secondary N) is 1. The number of halogens is 2. The molecule has 18 heavy (non-hydrogen) atoms. The Bertz CT molecular complexity index is 430. The van der Waals surface area contributed by atoms with E-state index < -0.39 is 0 Å². The molecule has 2 nitrogen and oxygen atoms in total. The zero-order valence-electron chi connectivity index (χ0n) is 10.2. The molecule has 0 spiro atoms. The Kier molecular flexibility index (Phi) is 4.75. The number of amides is 1. The molecule has 0 bridgehead atoms. The van der Waals surface area contributed by atoms with Crippen molar-refractivity contribution >= 4 is 21.8 Å². The van der Waals surface area contributed by atoms with Gasteiger partial charge in [0.15, 0.2) is 0 Å². The van der Waals surface area contributed by atoms with Gasteiger partial charge in [0.2, 0.25) is 0 Å². The first-order valence-electron chi connectivity index (χ1n) is 6.40. The number of carbonyl (C=O) groups is 1. The summed E-state index contributed by atoms with van der Waals surface area (Å²) in [4.78, 5) is 12.0. The van der Waals surface area contributed by atoms with Crippen LogP contribution in [0.5, 0.6) is 0 Å². The monoisotopic (exact) mass is 313 g/mol. The van der Waals surface area contributed by atoms with E-state index in [9.17, 15) is 9.18 Å². The average molecular weight is 314 g/mol. The van der Waals surface area contributed by atoms with Crippen molar-refractivity contribution in [3.05, 3.63) is 34.1 Å². The summed E-state index contributed by atoms with van der Waals surface area (Å²) in [6.07, 6.45) is 6.18. The van der Waals surface area contributed by atoms with Gasteiger partial charge < -0.3 is 5.32 Å². The molecule has 1 amide bonds. The fourth-order valence-corrected chi connectivity index (χ4v) is 2.82. The van der Waals surface area contributed by atoms with E-state index >= 15 is 0 Å². The molecule has 0 aromatic heterocycles. The predicted octanol–water partition coefficient (Wildman–Crippen LogP) is 3.90. The topological polar surface area (TPSA) is 29.1 Å². The minimum absolute atomic E-state index is 0.202. The van der Waals surface area contributed by atoms with E-state index in [-0.39, 0.29) is 11.7 Å². The standard InChI is InChI=1S/C14H17BrFNO/c15-13-7-6-11(16)8-12(13)14(18)17-9-10-4-2-1-3-5-10/h6-8,10H,1-5,9H2,(H,17,18). The molecule has 0 heterocycles. The molecule has 1 N–H and O–H groups in total. The third-order valence-corrected chi connectivity index (χ3v) is 4.14. The molecule has 1 fully saturated rings. The molecule has 0 saturated heterocycles. The van der Waals surface area contributed by atoms with E-state index in [4.69, 9.17) is 0 Å². The fraction of sp³-hybridized carbons (Fsp3) is 0.500. The molecular formula is C14H17BrFNO. The Morgan fingerprint density at radius 1 is 1.33 bits per heavy atom. The summed E-state index contributed by atoms with van der Waals surface area (Å²) < 4.78 is 13.7. The van der Waals surface area contributed by atoms with E-state index in [1.165, 1.54) is 44.2 Å². The molecule has 0 radical (unpaired) electrons. The van der Waals surface area contributed by atoms with Crippen molar-refractivity contribution in [1.82, 2.24) is 5.32 Å². The van der Waals surface area contributed by atoms with Gasteiger partial charge in [-0.3, -0.25) is 4.79 Å². The molecule has 0 aliphatic heterocycles. The Labute approximate surface area is 115 Å². The highest BCUT2D eigenvalue weighted by molar-refractivity contribution is 9.10. The van der Waals surface area contributed by atoms with E-state index in [2.05, 4.69) is 21.2 Å². The summed E-state index contributed by atoms with van der Waals surface area (Å²) in [5.41, 5.74) is 0.366. The second kappa shape index (κ2) is 6.32. The van der Waals surface area contributed by atoms with Crippen LogP contribution in [0, 0.1) is 11.7 Å². The zero-order valence-corrected chi connectivity index (χ0v) is 11.8. The van der Waals surface area contributed by atoms with Crippen LogP contribution in [0.2, 0.25) is 0 Å². The lowest BCUT2D eigenvalue weighted by Gasteiger charge is -2.21. The van der Waals surface area contributed by atoms with Gasteiger partial charge in [-0.05, 0) is 52.9 Å². The maximum atomic E-state index is 13.1. The summed E-state index contributed by atoms with van der Waals surface area (Å²) in [6, 6.07) is 4.16. The number of hydrogen-bond donors (Lipinski definition) is 1. The molecule has 1 aliphatic rings. The smallest absolute Gasteiger partial charge is 0.252 e. The van der Waals surface area contributed by atoms with Gasteiger partial charge in [-0.15, -0.1) is 0 Å². The van der Waals surface area contributed by atoms with Gasteiger partial charge >= 0.3 is 0 Å². The normalized spacial score (nSPS) is 16.6. The van der Waals surface area contributed by atoms with Crippen LogP contribution >= 0.6 is 15.9 Å². The van der Waals surface area contributed by atoms with Crippen molar-refractivity contribution in [2.24, 2.45) is 5.92 Å². The van der Waals surface area contributed by atoms with Crippen molar-refractivity contribution in [2.45, 2.75) is 32.1 Å². The second-order valence-electron chi connectivity index (χ2n) is 4.84. The van der Waals surface area contributed by atoms with Crippen molar-refractivity contribution in [1.29, 1.82) is 0 Å². The maximum absolute atomic E-state index is 13.1. The van der Waals surface area contributed by atoms with E-state index in [0.29, 0.717) is 22.5 Å². The van der Waals surface area contributed by atoms with E-state index in [1.807, 2.05) is 0 Å². The second-order valence-corrected chi connectivity index (χ2v) is 5.69. The van der Waals surface area contributed by atoms with Crippen molar-refractivity contribution in [2.75, 3.05) is 6.54 Å². The average Bonchev–Trinajstić information content (AvgIpc) is 2.40. The van der Waals surface area contributed by atoms with Gasteiger partial charge in [0.25, 0.3) is 5.91 Å². The number of rotatable bonds is 3. The minimum atomic E-state index is -0.388. The quantitative estimate of drug-likeness (QED) is 0.901. The van der Waals surface area contributed by atoms with Gasteiger partial charge in [0.1, 0.15) is 5.82 Å². The summed E-state index contributed by atoms with van der Waals surface area (Å²) in [5.74, 6) is -0.0111. The Hall–Kier alpha value is -0.900. The molecule has 0 atom stereocenters. The molecule has 1 aromatic rings. The van der Waals surface area contributed by atoms with Crippen LogP contribution in [-0.4, -0.2) is 12.5 Å². The van der Waals surface area contributed by atoms with Crippen LogP contribution in [0.25, 0.3) is 0 Å². The molecule has 1 aliphatic carbocycles. The highest BCUT2D eigenvalue weighted by Crippen LogP contribution is 2.23. The number of hydrogen-bond acceptors (Lipinski definition) is 1. The van der Waals surface area contributed by atoms with Crippen LogP contribution in [0.4, 0.5) is 4.39 Å². The minimum Gasteiger partial charge on any atom is -0.352 e. The van der Waals surface area contributed by atoms with Crippen LogP contribution in [0.3, 0.4) is 0 Å². The van der Waals surface area contributed by atoms with Gasteiger partial charge in [0, 0.05) is 11.0 Å². The predicted molar refractivity (Wildman–Crippen MR) is 73.0 cm³/mol. The third-order valence-electron chi connectivity index (χ3n) is 3.45. The first-order valence-corrected chi connectivity index (χ1v) is 7.19. The number of benzene rings is 1. The lowest BCUT2D eigenvalue weighted by atomic mass is 9.89. The van der Waals surface area contributed by atoms with Crippen molar-refractivity contribution < 1.29 is 9.18 Å². The Balaban J connectivity index is 1.92. The number of carbonyl (C=O) groups excluding carboxylic acids is 1. The van der Waals surface area contributed by atoms with Crippen LogP contribution in [0.15, 0.2) is 22.7 Å². The summed E-state index contributed by atoms with van der Waals surface area (Å²) >= 11 is 3.27. The molecule has 1 aromatic carbocycles. The summed E-state index contributed by atoms with van der Waals surface area (Å²) in [6.45, 7) is 0.696. The molecular weight excluding hydrogens is 297 g/mol. The van der Waals surface area contributed by atoms with E-state index in [0.717, 1.165) is 0 Å². The largest absolute Gasteiger partial charge is 0.352 e. The highest BCUT2D eigenvalue weighted by atomic mass is 79.9. The first-order chi connectivity index (χ1) is 8.66. The molecule has 1 saturated carbocycles. The molecule has 2 rings (SSSR count). The molecule has 0 unspecified atom stereocenters. The maximum Gasteiger partial charge on any atom is 0.252 e. The third kappa shape index (κ3) is 3.55. The first kappa shape index (κ1) is 13.5. The van der Waals surface area contributed by atoms with Gasteiger partial charge in [-0.25, -0.2) is 4.39 Å². The van der Waals surface area contributed by atoms with Gasteiger partial charge in [-0.2, -0.15) is 0 Å². The SMILES string of the molecule is O=C(NCC1CCCCC1)c1cc(F)ccc1Br. The van der Waals surface area contributed by atoms with Crippen LogP contribution in [0.1, 0.15) is 42.5 Å². The Morgan fingerprint density at radius 2 is 2.06 bits per heavy atom. The Morgan fingerprint density at radius 3 is 2.78 bits per heavy atom. The lowest BCUT2D eigenvalue weighted by Crippen LogP contribution is -2.30. The summed E-state index contributed by atoms with van der Waals surface area (Å²) in [5, 5.41) is 2.90. The zero-order chi connectivity index (χ0) is 13.0. The highest BCUT2D eigenvalue weighted by Gasteiger charge is 2.16. The van der Waals surface area contributed by atoms with E-state index in [1.54, 1.807) is 6.07 Å².